The molecule has 1 aromatic carbocycles. The molecule has 1 rings (SSSR count). The summed E-state index contributed by atoms with van der Waals surface area (Å²) in [6, 6.07) is 5.53. The van der Waals surface area contributed by atoms with Crippen LogP contribution in [-0.2, 0) is 11.3 Å². The number of rotatable bonds is 7. The van der Waals surface area contributed by atoms with Crippen LogP contribution in [0.5, 0.6) is 0 Å². The molecule has 3 nitrogen and oxygen atoms in total. The Morgan fingerprint density at radius 2 is 1.95 bits per heavy atom. The molecule has 1 aromatic rings. The van der Waals surface area contributed by atoms with Crippen LogP contribution >= 0.6 is 23.2 Å². The van der Waals surface area contributed by atoms with Gasteiger partial charge in [-0.15, -0.1) is 0 Å². The van der Waals surface area contributed by atoms with Crippen LogP contribution in [0.1, 0.15) is 38.7 Å². The van der Waals surface area contributed by atoms with Gasteiger partial charge >= 0.3 is 0 Å². The predicted molar refractivity (Wildman–Crippen MR) is 89.6 cm³/mol. The Bertz CT molecular complexity index is 477. The van der Waals surface area contributed by atoms with Crippen LogP contribution < -0.4 is 5.73 Å². The van der Waals surface area contributed by atoms with Crippen molar-refractivity contribution < 1.29 is 4.79 Å². The fraction of sp³-hybridized carbons (Fsp3) is 0.562. The van der Waals surface area contributed by atoms with Crippen LogP contribution in [0.4, 0.5) is 0 Å². The molecule has 2 N–H and O–H groups in total. The molecular formula is C16H24Cl2N2O. The lowest BCUT2D eigenvalue weighted by Crippen LogP contribution is -2.31. The first-order valence-electron chi connectivity index (χ1n) is 7.25. The minimum Gasteiger partial charge on any atom is -0.341 e. The molecule has 2 unspecified atom stereocenters. The summed E-state index contributed by atoms with van der Waals surface area (Å²) in [5.74, 6) is 0.130. The fourth-order valence-corrected chi connectivity index (χ4v) is 2.70. The molecule has 0 aromatic heterocycles. The van der Waals surface area contributed by atoms with Crippen molar-refractivity contribution in [3.8, 4) is 0 Å². The van der Waals surface area contributed by atoms with E-state index >= 15 is 0 Å². The number of nitrogens with zero attached hydrogens (tertiary/aromatic N) is 1. The second-order valence-corrected chi connectivity index (χ2v) is 6.58. The molecule has 2 atom stereocenters. The summed E-state index contributed by atoms with van der Waals surface area (Å²) < 4.78 is 0. The monoisotopic (exact) mass is 330 g/mol. The van der Waals surface area contributed by atoms with E-state index in [9.17, 15) is 4.79 Å². The molecule has 0 heterocycles. The lowest BCUT2D eigenvalue weighted by molar-refractivity contribution is -0.134. The molecular weight excluding hydrogens is 307 g/mol. The van der Waals surface area contributed by atoms with E-state index in [1.807, 2.05) is 19.9 Å². The summed E-state index contributed by atoms with van der Waals surface area (Å²) in [6.07, 6.45) is 2.78. The summed E-state index contributed by atoms with van der Waals surface area (Å²) >= 11 is 12.0. The average molecular weight is 331 g/mol. The van der Waals surface area contributed by atoms with E-state index in [1.54, 1.807) is 24.1 Å². The maximum Gasteiger partial charge on any atom is 0.225 e. The van der Waals surface area contributed by atoms with Crippen molar-refractivity contribution in [2.45, 2.75) is 45.7 Å². The first kappa shape index (κ1) is 18.3. The van der Waals surface area contributed by atoms with Crippen molar-refractivity contribution >= 4 is 29.1 Å². The molecule has 1 amide bonds. The maximum absolute atomic E-state index is 12.3. The normalized spacial score (nSPS) is 13.8. The van der Waals surface area contributed by atoms with E-state index in [0.717, 1.165) is 24.8 Å². The summed E-state index contributed by atoms with van der Waals surface area (Å²) in [5.41, 5.74) is 6.63. The third-order valence-electron chi connectivity index (χ3n) is 3.52. The smallest absolute Gasteiger partial charge is 0.225 e. The molecule has 0 fully saturated rings. The van der Waals surface area contributed by atoms with Crippen LogP contribution in [0.15, 0.2) is 18.2 Å². The lowest BCUT2D eigenvalue weighted by atomic mass is 10.0. The van der Waals surface area contributed by atoms with Crippen molar-refractivity contribution in [2.75, 3.05) is 7.05 Å². The predicted octanol–water partition coefficient (Wildman–Crippen LogP) is 4.11. The van der Waals surface area contributed by atoms with Gasteiger partial charge in [0.2, 0.25) is 5.91 Å². The summed E-state index contributed by atoms with van der Waals surface area (Å²) in [7, 11) is 1.80. The topological polar surface area (TPSA) is 46.3 Å². The van der Waals surface area contributed by atoms with Gasteiger partial charge in [-0.2, -0.15) is 0 Å². The van der Waals surface area contributed by atoms with Gasteiger partial charge in [-0.25, -0.2) is 0 Å². The summed E-state index contributed by atoms with van der Waals surface area (Å²) in [5, 5.41) is 1.19. The van der Waals surface area contributed by atoms with Gasteiger partial charge in [0.25, 0.3) is 0 Å². The van der Waals surface area contributed by atoms with Crippen LogP contribution in [0.3, 0.4) is 0 Å². The van der Waals surface area contributed by atoms with Gasteiger partial charge in [-0.1, -0.05) is 42.6 Å². The number of carbonyl (C=O) groups is 1. The van der Waals surface area contributed by atoms with E-state index in [0.29, 0.717) is 16.6 Å². The Labute approximate surface area is 137 Å². The fourth-order valence-electron chi connectivity index (χ4n) is 2.23. The van der Waals surface area contributed by atoms with Crippen molar-refractivity contribution in [3.05, 3.63) is 33.8 Å². The van der Waals surface area contributed by atoms with Gasteiger partial charge in [-0.3, -0.25) is 4.79 Å². The van der Waals surface area contributed by atoms with Crippen LogP contribution in [0, 0.1) is 5.92 Å². The molecule has 0 bridgehead atoms. The molecule has 21 heavy (non-hydrogen) atoms. The summed E-state index contributed by atoms with van der Waals surface area (Å²) in [6.45, 7) is 4.44. The number of benzene rings is 1. The van der Waals surface area contributed by atoms with Gasteiger partial charge in [0.15, 0.2) is 0 Å². The zero-order valence-corrected chi connectivity index (χ0v) is 14.4. The van der Waals surface area contributed by atoms with E-state index in [1.165, 1.54) is 0 Å². The molecule has 0 aliphatic heterocycles. The van der Waals surface area contributed by atoms with E-state index < -0.39 is 0 Å². The highest BCUT2D eigenvalue weighted by molar-refractivity contribution is 6.35. The van der Waals surface area contributed by atoms with Crippen LogP contribution in [-0.4, -0.2) is 23.9 Å². The van der Waals surface area contributed by atoms with Crippen molar-refractivity contribution in [1.29, 1.82) is 0 Å². The van der Waals surface area contributed by atoms with Crippen molar-refractivity contribution in [1.82, 2.24) is 4.90 Å². The summed E-state index contributed by atoms with van der Waals surface area (Å²) in [4.78, 5) is 14.0. The third kappa shape index (κ3) is 6.25. The van der Waals surface area contributed by atoms with Gasteiger partial charge in [0.1, 0.15) is 0 Å². The molecule has 0 aliphatic rings. The Morgan fingerprint density at radius 1 is 1.29 bits per heavy atom. The zero-order valence-electron chi connectivity index (χ0n) is 12.9. The average Bonchev–Trinajstić information content (AvgIpc) is 2.40. The molecule has 0 radical (unpaired) electrons. The highest BCUT2D eigenvalue weighted by atomic mass is 35.5. The zero-order chi connectivity index (χ0) is 16.0. The molecule has 0 saturated carbocycles. The number of carbonyl (C=O) groups excluding carboxylic acids is 1. The van der Waals surface area contributed by atoms with Crippen molar-refractivity contribution in [2.24, 2.45) is 11.7 Å². The lowest BCUT2D eigenvalue weighted by Gasteiger charge is -2.22. The van der Waals surface area contributed by atoms with Crippen molar-refractivity contribution in [3.63, 3.8) is 0 Å². The first-order chi connectivity index (χ1) is 9.81. The quantitative estimate of drug-likeness (QED) is 0.817. The SMILES string of the molecule is CC(N)CCCC(C)C(=O)N(C)Cc1ccc(Cl)cc1Cl. The first-order valence-corrected chi connectivity index (χ1v) is 8.01. The largest absolute Gasteiger partial charge is 0.341 e. The van der Waals surface area contributed by atoms with Gasteiger partial charge < -0.3 is 10.6 Å². The maximum atomic E-state index is 12.3. The number of amides is 1. The van der Waals surface area contributed by atoms with E-state index in [-0.39, 0.29) is 17.9 Å². The highest BCUT2D eigenvalue weighted by Gasteiger charge is 2.18. The third-order valence-corrected chi connectivity index (χ3v) is 4.10. The standard InChI is InChI=1S/C16H24Cl2N2O/c1-11(5-4-6-12(2)19)16(21)20(3)10-13-7-8-14(17)9-15(13)18/h7-9,11-12H,4-6,10,19H2,1-3H3. The molecule has 0 spiro atoms. The number of nitrogens with two attached hydrogens (primary N) is 1. The van der Waals surface area contributed by atoms with E-state index in [4.69, 9.17) is 28.9 Å². The molecule has 0 saturated heterocycles. The Hall–Kier alpha value is -0.770. The van der Waals surface area contributed by atoms with Gasteiger partial charge in [0.05, 0.1) is 0 Å². The second-order valence-electron chi connectivity index (χ2n) is 5.74. The minimum absolute atomic E-state index is 0.000161. The molecule has 118 valence electrons. The number of halogens is 2. The number of hydrogen-bond donors (Lipinski definition) is 1. The van der Waals surface area contributed by atoms with Crippen LogP contribution in [0.25, 0.3) is 0 Å². The van der Waals surface area contributed by atoms with E-state index in [2.05, 4.69) is 0 Å². The second kappa shape index (κ2) is 8.62. The molecule has 5 heteroatoms. The minimum atomic E-state index is -0.000161. The van der Waals surface area contributed by atoms with Gasteiger partial charge in [0, 0.05) is 35.6 Å². The highest BCUT2D eigenvalue weighted by Crippen LogP contribution is 2.22. The van der Waals surface area contributed by atoms with Crippen LogP contribution in [0.2, 0.25) is 10.0 Å². The Balaban J connectivity index is 2.53. The Kier molecular flexibility index (Phi) is 7.50. The number of hydrogen-bond acceptors (Lipinski definition) is 2. The Morgan fingerprint density at radius 3 is 2.52 bits per heavy atom. The molecule has 0 aliphatic carbocycles. The van der Waals surface area contributed by atoms with Gasteiger partial charge in [-0.05, 0) is 37.5 Å².